The van der Waals surface area contributed by atoms with E-state index in [2.05, 4.69) is 15.5 Å². The van der Waals surface area contributed by atoms with E-state index in [1.54, 1.807) is 59.0 Å². The van der Waals surface area contributed by atoms with Gasteiger partial charge in [-0.1, -0.05) is 64.2 Å². The zero-order valence-corrected chi connectivity index (χ0v) is 42.7. The van der Waals surface area contributed by atoms with Gasteiger partial charge in [-0.3, -0.25) is 19.2 Å². The number of aliphatic hydroxyl groups excluding tert-OH is 2. The highest BCUT2D eigenvalue weighted by atomic mass is 16.6. The number of esters is 1. The van der Waals surface area contributed by atoms with E-state index in [0.29, 0.717) is 69.8 Å². The molecule has 390 valence electrons. The molecule has 1 saturated carbocycles. The number of aliphatic hydroxyl groups is 3. The summed E-state index contributed by atoms with van der Waals surface area (Å²) in [4.78, 5) is 72.4. The molecular weight excluding hydrogens is 903 g/mol. The van der Waals surface area contributed by atoms with Crippen molar-refractivity contribution in [3.8, 4) is 0 Å². The van der Waals surface area contributed by atoms with Crippen molar-refractivity contribution in [3.05, 3.63) is 53.9 Å². The zero-order chi connectivity index (χ0) is 51.3. The second-order valence-electron chi connectivity index (χ2n) is 20.3. The summed E-state index contributed by atoms with van der Waals surface area (Å²) in [7, 11) is 4.55. The molecule has 1 aromatic rings. The minimum atomic E-state index is -2.47. The molecule has 2 unspecified atom stereocenters. The van der Waals surface area contributed by atoms with Gasteiger partial charge in [-0.05, 0) is 111 Å². The molecule has 1 aromatic heterocycles. The van der Waals surface area contributed by atoms with Crippen LogP contribution in [-0.2, 0) is 47.7 Å². The lowest BCUT2D eigenvalue weighted by Gasteiger charge is -2.42. The van der Waals surface area contributed by atoms with E-state index < -0.39 is 90.3 Å². The normalized spacial score (nSPS) is 38.4. The second kappa shape index (κ2) is 26.4. The van der Waals surface area contributed by atoms with Crippen LogP contribution in [0.3, 0.4) is 0 Å². The van der Waals surface area contributed by atoms with E-state index in [9.17, 15) is 39.3 Å². The first-order valence-electron chi connectivity index (χ1n) is 25.2. The van der Waals surface area contributed by atoms with Crippen molar-refractivity contribution < 1.29 is 63.0 Å². The van der Waals surface area contributed by atoms with Gasteiger partial charge in [-0.2, -0.15) is 0 Å². The molecule has 3 N–H and O–H groups in total. The Bertz CT molecular complexity index is 2040. The topological polar surface area (TPSA) is 239 Å². The number of aromatic nitrogens is 4. The van der Waals surface area contributed by atoms with Crippen LogP contribution >= 0.6 is 0 Å². The fourth-order valence-electron chi connectivity index (χ4n) is 10.8. The molecule has 0 aromatic carbocycles. The highest BCUT2D eigenvalue weighted by Crippen LogP contribution is 2.39. The molecule has 0 radical (unpaired) electrons. The van der Waals surface area contributed by atoms with Gasteiger partial charge in [0.05, 0.1) is 24.4 Å². The number of cyclic esters (lactones) is 1. The molecule has 2 saturated heterocycles. The standard InChI is InChI=1S/C52H79N5O13/c1-31-15-11-10-12-16-32(2)43(66-7)27-39-20-18-36(6)52(65,70-39)49(62)50(63)56-22-14-13-17-41(56)51(64)69-44(28-42(59)33(3)24-35(5)47(61)48(68-9)46(60)34(4)23-31)38(29-58)25-37-19-21-40(45(26-37)67-8)57-30-53-54-55-57/h10-12,15-16,24,30-31,33-34,36-41,43-45,47-48,58,61,65H,13-14,17-23,25-29H2,1-9H3/b12-10+,15-11+,32-16+,35-24+/t31-,33-,34-,36-,37+,38?,39+,40?,41+,43+,44+,45-,47-,48+,52-/m1/s1. The first-order chi connectivity index (χ1) is 33.4. The molecule has 5 rings (SSSR count). The van der Waals surface area contributed by atoms with Crippen molar-refractivity contribution >= 4 is 29.2 Å². The monoisotopic (exact) mass is 982 g/mol. The fourth-order valence-corrected chi connectivity index (χ4v) is 10.8. The maximum Gasteiger partial charge on any atom is 0.329 e. The van der Waals surface area contributed by atoms with Crippen molar-refractivity contribution in [3.63, 3.8) is 0 Å². The van der Waals surface area contributed by atoms with E-state index >= 15 is 0 Å². The number of ketones is 3. The smallest absolute Gasteiger partial charge is 0.329 e. The Hall–Kier alpha value is -4.30. The van der Waals surface area contributed by atoms with Gasteiger partial charge in [0.1, 0.15) is 36.5 Å². The quantitative estimate of drug-likeness (QED) is 0.176. The Labute approximate surface area is 413 Å². The number of rotatable bonds is 8. The number of carbonyl (C=O) groups is 5. The number of methoxy groups -OCH3 is 3. The Morgan fingerprint density at radius 1 is 0.886 bits per heavy atom. The van der Waals surface area contributed by atoms with Crippen LogP contribution in [0.1, 0.15) is 125 Å². The van der Waals surface area contributed by atoms with Crippen molar-refractivity contribution in [2.24, 2.45) is 35.5 Å². The third-order valence-corrected chi connectivity index (χ3v) is 15.2. The molecule has 1 amide bonds. The van der Waals surface area contributed by atoms with Crippen LogP contribution < -0.4 is 0 Å². The number of fused-ring (bicyclic) bond motifs is 3. The summed E-state index contributed by atoms with van der Waals surface area (Å²) in [5, 5.41) is 46.2. The first-order valence-corrected chi connectivity index (χ1v) is 25.2. The summed E-state index contributed by atoms with van der Waals surface area (Å²) in [6.07, 6.45) is 12.5. The van der Waals surface area contributed by atoms with Gasteiger partial charge >= 0.3 is 5.97 Å². The molecule has 1 aliphatic carbocycles. The zero-order valence-electron chi connectivity index (χ0n) is 42.7. The van der Waals surface area contributed by atoms with Crippen molar-refractivity contribution in [2.45, 2.75) is 173 Å². The molecule has 18 nitrogen and oxygen atoms in total. The molecule has 4 aliphatic rings. The second-order valence-corrected chi connectivity index (χ2v) is 20.3. The molecule has 3 aliphatic heterocycles. The van der Waals surface area contributed by atoms with Crippen LogP contribution in [0.15, 0.2) is 53.9 Å². The maximum absolute atomic E-state index is 14.5. The van der Waals surface area contributed by atoms with Crippen LogP contribution in [0, 0.1) is 35.5 Å². The third kappa shape index (κ3) is 14.2. The summed E-state index contributed by atoms with van der Waals surface area (Å²) in [5.74, 6) is -8.96. The number of allylic oxidation sites excluding steroid dienone is 6. The lowest BCUT2D eigenvalue weighted by molar-refractivity contribution is -0.265. The van der Waals surface area contributed by atoms with Crippen molar-refractivity contribution in [1.82, 2.24) is 25.1 Å². The largest absolute Gasteiger partial charge is 0.460 e. The molecule has 15 atom stereocenters. The number of tetrazole rings is 1. The number of hydrogen-bond donors (Lipinski definition) is 3. The summed E-state index contributed by atoms with van der Waals surface area (Å²) in [6.45, 7) is 10.2. The number of ether oxygens (including phenoxy) is 5. The van der Waals surface area contributed by atoms with Gasteiger partial charge in [-0.15, -0.1) is 5.10 Å². The Balaban J connectivity index is 1.48. The first kappa shape index (κ1) is 56.6. The minimum absolute atomic E-state index is 0.00119. The van der Waals surface area contributed by atoms with E-state index in [4.69, 9.17) is 23.7 Å². The number of Topliss-reactive ketones (excluding diaryl/α,β-unsaturated/α-hetero) is 3. The van der Waals surface area contributed by atoms with Gasteiger partial charge in [-0.25, -0.2) is 9.48 Å². The Morgan fingerprint density at radius 3 is 2.31 bits per heavy atom. The molecule has 3 fully saturated rings. The molecule has 18 heteroatoms. The van der Waals surface area contributed by atoms with Gasteiger partial charge in [0.15, 0.2) is 5.78 Å². The summed E-state index contributed by atoms with van der Waals surface area (Å²) in [6, 6.07) is -1.34. The van der Waals surface area contributed by atoms with E-state index in [0.717, 1.165) is 10.5 Å². The Kier molecular flexibility index (Phi) is 21.4. The number of hydrogen-bond acceptors (Lipinski definition) is 16. The van der Waals surface area contributed by atoms with Gasteiger partial charge in [0.25, 0.3) is 11.7 Å². The lowest BCUT2D eigenvalue weighted by Crippen LogP contribution is -2.61. The van der Waals surface area contributed by atoms with Crippen molar-refractivity contribution in [1.29, 1.82) is 0 Å². The number of amides is 1. The van der Waals surface area contributed by atoms with Gasteiger partial charge in [0.2, 0.25) is 5.79 Å². The van der Waals surface area contributed by atoms with Crippen LogP contribution in [-0.4, -0.2) is 153 Å². The van der Waals surface area contributed by atoms with E-state index in [-0.39, 0.29) is 54.9 Å². The minimum Gasteiger partial charge on any atom is -0.460 e. The number of nitrogens with zero attached hydrogens (tertiary/aromatic N) is 5. The molecule has 4 heterocycles. The molecule has 2 bridgehead atoms. The average molecular weight is 982 g/mol. The van der Waals surface area contributed by atoms with E-state index in [1.807, 2.05) is 44.2 Å². The summed E-state index contributed by atoms with van der Waals surface area (Å²) in [5.41, 5.74) is 1.21. The number of piperidine rings is 1. The lowest BCUT2D eigenvalue weighted by atomic mass is 9.77. The molecule has 0 spiro atoms. The van der Waals surface area contributed by atoms with Gasteiger partial charge in [0, 0.05) is 71.0 Å². The predicted molar refractivity (Wildman–Crippen MR) is 257 cm³/mol. The highest BCUT2D eigenvalue weighted by Gasteiger charge is 2.53. The predicted octanol–water partition coefficient (Wildman–Crippen LogP) is 5.02. The van der Waals surface area contributed by atoms with Crippen LogP contribution in [0.25, 0.3) is 0 Å². The summed E-state index contributed by atoms with van der Waals surface area (Å²) < 4.78 is 31.4. The van der Waals surface area contributed by atoms with Gasteiger partial charge < -0.3 is 43.9 Å². The Morgan fingerprint density at radius 2 is 1.64 bits per heavy atom. The SMILES string of the molecule is CO[C@H]1C[C@@H]2CC[C@@H](C)[C@@](O)(O2)C(=O)C(=O)N2CCCC[C@H]2C(=O)O[C@H](C(CO)C[C@@H]2CCC(n3cnnn3)[C@H](OC)C2)CC(=O)[C@H](C)/C=C(\C)[C@@H](O)[C@@H](OC)C(=O)[C@H](C)C[C@H](C)/C=C/C=C/C=C/1C. The van der Waals surface area contributed by atoms with Crippen LogP contribution in [0.2, 0.25) is 0 Å². The molecule has 70 heavy (non-hydrogen) atoms. The van der Waals surface area contributed by atoms with E-state index in [1.165, 1.54) is 7.11 Å². The highest BCUT2D eigenvalue weighted by molar-refractivity contribution is 6.39. The molecular formula is C52H79N5O13. The van der Waals surface area contributed by atoms with Crippen molar-refractivity contribution in [2.75, 3.05) is 34.5 Å². The maximum atomic E-state index is 14.5. The fraction of sp³-hybridized carbons (Fsp3) is 0.731. The van der Waals surface area contributed by atoms with Crippen LogP contribution in [0.5, 0.6) is 0 Å². The third-order valence-electron chi connectivity index (χ3n) is 15.2. The average Bonchev–Trinajstić information content (AvgIpc) is 3.90. The van der Waals surface area contributed by atoms with Crippen LogP contribution in [0.4, 0.5) is 0 Å². The number of carbonyl (C=O) groups excluding carboxylic acids is 5. The summed E-state index contributed by atoms with van der Waals surface area (Å²) >= 11 is 0.